The Kier molecular flexibility index (Phi) is 76.0. The number of carbonyl (C=O) groups excluding carboxylic acids is 4. The van der Waals surface area contributed by atoms with Gasteiger partial charge in [-0.25, -0.2) is 9.13 Å². The summed E-state index contributed by atoms with van der Waals surface area (Å²) in [6.07, 6.45) is 69.5. The highest BCUT2D eigenvalue weighted by molar-refractivity contribution is 7.47. The average molecular weight is 1540 g/mol. The van der Waals surface area contributed by atoms with Gasteiger partial charge in [0.1, 0.15) is 19.3 Å². The topological polar surface area (TPSA) is 237 Å². The molecule has 0 rings (SSSR count). The zero-order valence-corrected chi connectivity index (χ0v) is 70.8. The quantitative estimate of drug-likeness (QED) is 0.0222. The Morgan fingerprint density at radius 2 is 0.438 bits per heavy atom. The predicted octanol–water partition coefficient (Wildman–Crippen LogP) is 26.2. The number of carbonyl (C=O) groups is 4. The summed E-state index contributed by atoms with van der Waals surface area (Å²) in [7, 11) is -9.92. The Morgan fingerprint density at radius 1 is 0.257 bits per heavy atom. The fourth-order valence-electron chi connectivity index (χ4n) is 13.4. The number of unbranched alkanes of at least 4 members (excludes halogenated alkanes) is 55. The number of esters is 4. The third-order valence-electron chi connectivity index (χ3n) is 20.2. The van der Waals surface area contributed by atoms with Crippen molar-refractivity contribution < 1.29 is 80.2 Å². The highest BCUT2D eigenvalue weighted by Crippen LogP contribution is 2.45. The molecule has 17 nitrogen and oxygen atoms in total. The Hall–Kier alpha value is -1.94. The molecule has 0 saturated heterocycles. The summed E-state index contributed by atoms with van der Waals surface area (Å²) >= 11 is 0. The normalized spacial score (nSPS) is 13.8. The number of phosphoric acid groups is 2. The molecule has 0 aliphatic heterocycles. The van der Waals surface area contributed by atoms with Crippen molar-refractivity contribution in [1.82, 2.24) is 0 Å². The van der Waals surface area contributed by atoms with Crippen molar-refractivity contribution in [2.24, 2.45) is 11.8 Å². The number of rotatable bonds is 85. The van der Waals surface area contributed by atoms with Gasteiger partial charge in [-0.15, -0.1) is 0 Å². The van der Waals surface area contributed by atoms with Crippen LogP contribution in [0, 0.1) is 11.8 Å². The maximum absolute atomic E-state index is 13.1. The van der Waals surface area contributed by atoms with E-state index in [1.54, 1.807) is 0 Å². The molecule has 3 N–H and O–H groups in total. The van der Waals surface area contributed by atoms with Crippen molar-refractivity contribution in [3.8, 4) is 0 Å². The minimum Gasteiger partial charge on any atom is -0.462 e. The lowest BCUT2D eigenvalue weighted by Crippen LogP contribution is -2.30. The monoisotopic (exact) mass is 1540 g/mol. The van der Waals surface area contributed by atoms with E-state index in [4.69, 9.17) is 37.0 Å². The van der Waals surface area contributed by atoms with Crippen LogP contribution in [0.15, 0.2) is 0 Å². The summed E-state index contributed by atoms with van der Waals surface area (Å²) in [6.45, 7) is 9.69. The van der Waals surface area contributed by atoms with Crippen LogP contribution in [0.2, 0.25) is 0 Å². The smallest absolute Gasteiger partial charge is 0.462 e. The molecule has 0 aliphatic carbocycles. The highest BCUT2D eigenvalue weighted by atomic mass is 31.2. The summed E-state index contributed by atoms with van der Waals surface area (Å²) in [5, 5.41) is 10.7. The molecule has 0 aromatic heterocycles. The molecule has 19 heteroatoms. The minimum absolute atomic E-state index is 0.108. The second-order valence-electron chi connectivity index (χ2n) is 31.9. The highest BCUT2D eigenvalue weighted by Gasteiger charge is 2.30. The van der Waals surface area contributed by atoms with Gasteiger partial charge in [-0.2, -0.15) is 0 Å². The maximum atomic E-state index is 13.1. The zero-order chi connectivity index (χ0) is 77.1. The lowest BCUT2D eigenvalue weighted by atomic mass is 10.0. The Morgan fingerprint density at radius 3 is 0.648 bits per heavy atom. The fraction of sp³-hybridized carbons (Fsp3) is 0.953. The van der Waals surface area contributed by atoms with Crippen molar-refractivity contribution in [2.45, 2.75) is 477 Å². The van der Waals surface area contributed by atoms with Gasteiger partial charge in [-0.1, -0.05) is 408 Å². The summed E-state index contributed by atoms with van der Waals surface area (Å²) in [5.41, 5.74) is 0. The Labute approximate surface area is 645 Å². The van der Waals surface area contributed by atoms with Crippen molar-refractivity contribution >= 4 is 39.5 Å². The maximum Gasteiger partial charge on any atom is 0.472 e. The van der Waals surface area contributed by atoms with E-state index in [-0.39, 0.29) is 25.7 Å². The predicted molar refractivity (Wildman–Crippen MR) is 432 cm³/mol. The first-order valence-electron chi connectivity index (χ1n) is 44.5. The van der Waals surface area contributed by atoms with Gasteiger partial charge in [0.15, 0.2) is 12.2 Å². The average Bonchev–Trinajstić information content (AvgIpc) is 0.915. The lowest BCUT2D eigenvalue weighted by molar-refractivity contribution is -0.161. The number of aliphatic hydroxyl groups excluding tert-OH is 1. The molecule has 5 atom stereocenters. The molecule has 0 fully saturated rings. The van der Waals surface area contributed by atoms with Crippen LogP contribution in [0.5, 0.6) is 0 Å². The van der Waals surface area contributed by atoms with E-state index >= 15 is 0 Å². The van der Waals surface area contributed by atoms with Crippen LogP contribution in [0.4, 0.5) is 0 Å². The van der Waals surface area contributed by atoms with Crippen molar-refractivity contribution in [1.29, 1.82) is 0 Å². The first kappa shape index (κ1) is 103. The van der Waals surface area contributed by atoms with Gasteiger partial charge in [-0.3, -0.25) is 37.3 Å². The van der Waals surface area contributed by atoms with Gasteiger partial charge in [-0.05, 0) is 37.5 Å². The van der Waals surface area contributed by atoms with Crippen molar-refractivity contribution in [2.75, 3.05) is 39.6 Å². The largest absolute Gasteiger partial charge is 0.472 e. The molecule has 0 bridgehead atoms. The summed E-state index contributed by atoms with van der Waals surface area (Å²) in [5.74, 6) is -0.511. The van der Waals surface area contributed by atoms with Crippen LogP contribution in [0.25, 0.3) is 0 Å². The summed E-state index contributed by atoms with van der Waals surface area (Å²) in [4.78, 5) is 73.2. The molecular weight excluding hydrogens is 1370 g/mol. The lowest BCUT2D eigenvalue weighted by Gasteiger charge is -2.21. The van der Waals surface area contributed by atoms with Crippen LogP contribution in [-0.2, 0) is 65.4 Å². The van der Waals surface area contributed by atoms with Gasteiger partial charge >= 0.3 is 39.5 Å². The first-order chi connectivity index (χ1) is 50.9. The number of aliphatic hydroxyl groups is 1. The van der Waals surface area contributed by atoms with E-state index in [9.17, 15) is 43.2 Å². The molecule has 0 saturated carbocycles. The van der Waals surface area contributed by atoms with E-state index in [1.807, 2.05) is 0 Å². The minimum atomic E-state index is -4.97. The van der Waals surface area contributed by atoms with Gasteiger partial charge in [0, 0.05) is 25.7 Å². The molecule has 0 spiro atoms. The second kappa shape index (κ2) is 77.4. The number of hydrogen-bond donors (Lipinski definition) is 3. The van der Waals surface area contributed by atoms with E-state index in [1.165, 1.54) is 276 Å². The summed E-state index contributed by atoms with van der Waals surface area (Å²) < 4.78 is 68.8. The Bertz CT molecular complexity index is 2010. The van der Waals surface area contributed by atoms with Crippen LogP contribution < -0.4 is 0 Å². The molecule has 105 heavy (non-hydrogen) atoms. The van der Waals surface area contributed by atoms with Crippen LogP contribution in [-0.4, -0.2) is 96.7 Å². The van der Waals surface area contributed by atoms with Crippen LogP contribution in [0.3, 0.4) is 0 Å². The Balaban J connectivity index is 5.20. The first-order valence-corrected chi connectivity index (χ1v) is 47.5. The van der Waals surface area contributed by atoms with Gasteiger partial charge < -0.3 is 33.8 Å². The van der Waals surface area contributed by atoms with Crippen molar-refractivity contribution in [3.05, 3.63) is 0 Å². The SMILES string of the molecule is CCCCCCCCCCCCCCCCCCCCCCCCC(=O)O[C@H](COC(=O)CCCCCCCCCCCCCCCCCC(C)C)COP(=O)(O)OC[C@@H](O)COP(=O)(O)OC[C@@H](COC(=O)CCCCCCCCCCC)OC(=O)CCCCCCCCCCCCCCCC(C)C. The third-order valence-corrected chi connectivity index (χ3v) is 22.1. The molecule has 0 aliphatic rings. The molecule has 624 valence electrons. The van der Waals surface area contributed by atoms with Crippen molar-refractivity contribution in [3.63, 3.8) is 0 Å². The number of ether oxygens (including phenoxy) is 4. The van der Waals surface area contributed by atoms with E-state index in [0.717, 1.165) is 102 Å². The zero-order valence-electron chi connectivity index (χ0n) is 69.0. The molecule has 0 amide bonds. The molecule has 0 aromatic rings. The second-order valence-corrected chi connectivity index (χ2v) is 34.8. The van der Waals surface area contributed by atoms with Gasteiger partial charge in [0.2, 0.25) is 0 Å². The van der Waals surface area contributed by atoms with Gasteiger partial charge in [0.05, 0.1) is 26.4 Å². The number of hydrogen-bond acceptors (Lipinski definition) is 15. The summed E-state index contributed by atoms with van der Waals surface area (Å²) in [6, 6.07) is 0. The standard InChI is InChI=1S/C86H168O17P2/c1-7-9-11-13-15-17-18-19-20-21-22-23-24-25-26-29-35-40-46-52-58-64-70-85(90)103-82(75-97-84(89)69-63-57-51-45-39-34-30-27-28-32-37-43-48-54-60-66-78(3)4)77-101-105(94,95)99-73-80(87)72-98-104(92,93)100-76-81(74-96-83(88)68-62-56-50-42-16-14-12-10-8-2)102-86(91)71-65-59-53-47-41-36-31-33-38-44-49-55-61-67-79(5)6/h78-82,87H,7-77H2,1-6H3,(H,92,93)(H,94,95)/t80-,81+,82+/m0/s1. The van der Waals surface area contributed by atoms with E-state index in [0.29, 0.717) is 25.7 Å². The molecular formula is C86H168O17P2. The van der Waals surface area contributed by atoms with Crippen LogP contribution in [0.1, 0.15) is 459 Å². The van der Waals surface area contributed by atoms with E-state index in [2.05, 4.69) is 41.5 Å². The molecule has 0 radical (unpaired) electrons. The molecule has 0 aromatic carbocycles. The number of phosphoric ester groups is 2. The molecule has 0 heterocycles. The van der Waals surface area contributed by atoms with Crippen LogP contribution >= 0.6 is 15.6 Å². The fourth-order valence-corrected chi connectivity index (χ4v) is 15.0. The molecule has 2 unspecified atom stereocenters. The van der Waals surface area contributed by atoms with E-state index < -0.39 is 97.5 Å². The van der Waals surface area contributed by atoms with Gasteiger partial charge in [0.25, 0.3) is 0 Å². The third kappa shape index (κ3) is 79.9.